The number of hydrogen-bond acceptors (Lipinski definition) is 5. The Kier molecular flexibility index (Phi) is 4.66. The normalized spacial score (nSPS) is 10.3. The van der Waals surface area contributed by atoms with Crippen LogP contribution in [0.2, 0.25) is 0 Å². The smallest absolute Gasteiger partial charge is 0.360 e. The predicted octanol–water partition coefficient (Wildman–Crippen LogP) is 3.65. The van der Waals surface area contributed by atoms with E-state index in [1.54, 1.807) is 23.1 Å². The Balaban J connectivity index is 0.000000150. The van der Waals surface area contributed by atoms with Gasteiger partial charge in [0, 0.05) is 30.9 Å². The second-order valence-corrected chi connectivity index (χ2v) is 5.64. The van der Waals surface area contributed by atoms with Crippen LogP contribution in [0.15, 0.2) is 85.2 Å². The van der Waals surface area contributed by atoms with Crippen molar-refractivity contribution in [1.29, 1.82) is 0 Å². The Labute approximate surface area is 143 Å². The number of anilines is 1. The number of fused-ring (bicyclic) bond motifs is 2. The maximum atomic E-state index is 11.5. The monoisotopic (exact) mass is 335 g/mol. The molecule has 2 aromatic heterocycles. The molecule has 0 radical (unpaired) electrons. The zero-order valence-electron chi connectivity index (χ0n) is 13.9. The van der Waals surface area contributed by atoms with Crippen LogP contribution in [0.25, 0.3) is 21.9 Å². The van der Waals surface area contributed by atoms with Crippen LogP contribution < -0.4 is 16.2 Å². The molecule has 2 aromatic carbocycles. The fraction of sp³-hybridized carbons (Fsp3) is 0.100. The van der Waals surface area contributed by atoms with E-state index in [1.807, 2.05) is 56.6 Å². The highest BCUT2D eigenvalue weighted by Gasteiger charge is 2.05. The highest BCUT2D eigenvalue weighted by atomic mass is 16.4. The van der Waals surface area contributed by atoms with Crippen molar-refractivity contribution in [2.75, 3.05) is 19.0 Å². The minimum Gasteiger partial charge on any atom is -0.423 e. The summed E-state index contributed by atoms with van der Waals surface area (Å²) in [6.45, 7) is 0. The van der Waals surface area contributed by atoms with Crippen LogP contribution in [0.1, 0.15) is 0 Å². The summed E-state index contributed by atoms with van der Waals surface area (Å²) in [4.78, 5) is 23.9. The van der Waals surface area contributed by atoms with Crippen molar-refractivity contribution < 1.29 is 8.83 Å². The van der Waals surface area contributed by atoms with Crippen molar-refractivity contribution in [1.82, 2.24) is 0 Å². The summed E-state index contributed by atoms with van der Waals surface area (Å²) in [6.07, 6.45) is 0. The lowest BCUT2D eigenvalue weighted by Gasteiger charge is -2.10. The molecule has 0 saturated heterocycles. The lowest BCUT2D eigenvalue weighted by atomic mass is 10.2. The van der Waals surface area contributed by atoms with Gasteiger partial charge in [-0.15, -0.1) is 0 Å². The van der Waals surface area contributed by atoms with E-state index < -0.39 is 0 Å². The lowest BCUT2D eigenvalue weighted by molar-refractivity contribution is 0.560. The zero-order valence-corrected chi connectivity index (χ0v) is 13.9. The number of rotatable bonds is 1. The molecule has 0 N–H and O–H groups in total. The van der Waals surface area contributed by atoms with Gasteiger partial charge in [-0.05, 0) is 24.3 Å². The van der Waals surface area contributed by atoms with Gasteiger partial charge in [0.25, 0.3) is 0 Å². The number of para-hydroxylation sites is 2. The highest BCUT2D eigenvalue weighted by Crippen LogP contribution is 2.16. The molecule has 0 amide bonds. The van der Waals surface area contributed by atoms with Crippen LogP contribution >= 0.6 is 0 Å². The van der Waals surface area contributed by atoms with Crippen molar-refractivity contribution in [2.45, 2.75) is 0 Å². The van der Waals surface area contributed by atoms with Gasteiger partial charge < -0.3 is 13.7 Å². The van der Waals surface area contributed by atoms with Gasteiger partial charge in [-0.2, -0.15) is 0 Å². The SMILES string of the molecule is CN(C)c1cc2ccccc2oc1=O.O=c1ccc2ccccc2o1. The first-order valence-electron chi connectivity index (χ1n) is 7.74. The summed E-state index contributed by atoms with van der Waals surface area (Å²) in [6, 6.07) is 19.9. The topological polar surface area (TPSA) is 63.7 Å². The van der Waals surface area contributed by atoms with Crippen LogP contribution in [0.4, 0.5) is 5.69 Å². The standard InChI is InChI=1S/C11H11NO2.C9H6O2/c1-12(2)9-7-8-5-3-4-6-10(8)14-11(9)13;10-9-6-5-7-3-1-2-4-8(7)11-9/h3-7H,1-2H3;1-6H. The third-order valence-electron chi connectivity index (χ3n) is 3.63. The maximum Gasteiger partial charge on any atom is 0.360 e. The van der Waals surface area contributed by atoms with E-state index in [4.69, 9.17) is 8.83 Å². The largest absolute Gasteiger partial charge is 0.423 e. The Morgan fingerprint density at radius 3 is 2.00 bits per heavy atom. The Bertz CT molecular complexity index is 1130. The molecular weight excluding hydrogens is 318 g/mol. The summed E-state index contributed by atoms with van der Waals surface area (Å²) in [5, 5.41) is 1.89. The van der Waals surface area contributed by atoms with Gasteiger partial charge in [0.15, 0.2) is 0 Å². The number of nitrogens with zero attached hydrogens (tertiary/aromatic N) is 1. The van der Waals surface area contributed by atoms with Gasteiger partial charge in [0.05, 0.1) is 0 Å². The number of benzene rings is 2. The van der Waals surface area contributed by atoms with E-state index in [-0.39, 0.29) is 11.3 Å². The first-order chi connectivity index (χ1) is 12.0. The second kappa shape index (κ2) is 7.05. The number of hydrogen-bond donors (Lipinski definition) is 0. The van der Waals surface area contributed by atoms with Crippen molar-refractivity contribution in [3.05, 3.63) is 87.6 Å². The molecular formula is C20H17NO4. The molecule has 0 unspecified atom stereocenters. The van der Waals surface area contributed by atoms with Crippen LogP contribution in [0.3, 0.4) is 0 Å². The molecule has 0 aliphatic rings. The van der Waals surface area contributed by atoms with Crippen LogP contribution in [-0.4, -0.2) is 14.1 Å². The fourth-order valence-electron chi connectivity index (χ4n) is 2.37. The van der Waals surface area contributed by atoms with E-state index >= 15 is 0 Å². The predicted molar refractivity (Wildman–Crippen MR) is 99.3 cm³/mol. The molecule has 126 valence electrons. The lowest BCUT2D eigenvalue weighted by Crippen LogP contribution is -2.17. The van der Waals surface area contributed by atoms with Crippen LogP contribution in [0.5, 0.6) is 0 Å². The molecule has 5 nitrogen and oxygen atoms in total. The minimum absolute atomic E-state index is 0.297. The summed E-state index contributed by atoms with van der Waals surface area (Å²) >= 11 is 0. The quantitative estimate of drug-likeness (QED) is 0.497. The molecule has 0 bridgehead atoms. The van der Waals surface area contributed by atoms with Gasteiger partial charge in [-0.3, -0.25) is 0 Å². The van der Waals surface area contributed by atoms with E-state index in [9.17, 15) is 9.59 Å². The first-order valence-corrected chi connectivity index (χ1v) is 7.74. The molecule has 25 heavy (non-hydrogen) atoms. The van der Waals surface area contributed by atoms with Crippen molar-refractivity contribution in [3.63, 3.8) is 0 Å². The van der Waals surface area contributed by atoms with Crippen LogP contribution in [-0.2, 0) is 0 Å². The van der Waals surface area contributed by atoms with Crippen LogP contribution in [0, 0.1) is 0 Å². The zero-order chi connectivity index (χ0) is 17.8. The molecule has 0 aliphatic carbocycles. The van der Waals surface area contributed by atoms with E-state index in [2.05, 4.69) is 0 Å². The average Bonchev–Trinajstić information content (AvgIpc) is 2.61. The van der Waals surface area contributed by atoms with E-state index in [0.717, 1.165) is 10.8 Å². The van der Waals surface area contributed by atoms with Gasteiger partial charge in [-0.25, -0.2) is 9.59 Å². The highest BCUT2D eigenvalue weighted by molar-refractivity contribution is 5.79. The van der Waals surface area contributed by atoms with Gasteiger partial charge in [0.2, 0.25) is 0 Å². The molecule has 2 heterocycles. The molecule has 5 heteroatoms. The Morgan fingerprint density at radius 1 is 0.720 bits per heavy atom. The molecule has 0 saturated carbocycles. The van der Waals surface area contributed by atoms with Gasteiger partial charge >= 0.3 is 11.3 Å². The summed E-state index contributed by atoms with van der Waals surface area (Å²) in [5.41, 5.74) is 1.24. The molecule has 4 rings (SSSR count). The second-order valence-electron chi connectivity index (χ2n) is 5.64. The van der Waals surface area contributed by atoms with Gasteiger partial charge in [0.1, 0.15) is 16.9 Å². The molecule has 0 aliphatic heterocycles. The van der Waals surface area contributed by atoms with E-state index in [0.29, 0.717) is 16.9 Å². The van der Waals surface area contributed by atoms with Crippen molar-refractivity contribution in [3.8, 4) is 0 Å². The Morgan fingerprint density at radius 2 is 1.32 bits per heavy atom. The minimum atomic E-state index is -0.302. The molecule has 0 fully saturated rings. The Hall–Kier alpha value is -3.34. The van der Waals surface area contributed by atoms with Crippen molar-refractivity contribution in [2.24, 2.45) is 0 Å². The fourth-order valence-corrected chi connectivity index (χ4v) is 2.37. The molecule has 4 aromatic rings. The molecule has 0 spiro atoms. The van der Waals surface area contributed by atoms with Crippen molar-refractivity contribution >= 4 is 27.6 Å². The maximum absolute atomic E-state index is 11.5. The summed E-state index contributed by atoms with van der Waals surface area (Å²) in [5.74, 6) is 0. The first kappa shape index (κ1) is 16.5. The third kappa shape index (κ3) is 3.77. The summed E-state index contributed by atoms with van der Waals surface area (Å²) < 4.78 is 10.1. The average molecular weight is 335 g/mol. The van der Waals surface area contributed by atoms with Gasteiger partial charge in [-0.1, -0.05) is 36.4 Å². The third-order valence-corrected chi connectivity index (χ3v) is 3.63. The van der Waals surface area contributed by atoms with E-state index in [1.165, 1.54) is 6.07 Å². The summed E-state index contributed by atoms with van der Waals surface area (Å²) in [7, 11) is 3.64. The molecule has 0 atom stereocenters.